The van der Waals surface area contributed by atoms with Gasteiger partial charge in [-0.1, -0.05) is 122 Å². The van der Waals surface area contributed by atoms with Crippen molar-refractivity contribution in [2.24, 2.45) is 17.8 Å². The molecule has 5 aliphatic carbocycles. The molecule has 0 aromatic heterocycles. The van der Waals surface area contributed by atoms with Gasteiger partial charge in [0.15, 0.2) is 0 Å². The fourth-order valence-corrected chi connectivity index (χ4v) is 8.01. The Labute approximate surface area is 280 Å². The second kappa shape index (κ2) is 13.1. The fourth-order valence-electron chi connectivity index (χ4n) is 8.01. The van der Waals surface area contributed by atoms with Gasteiger partial charge in [0.05, 0.1) is 12.1 Å². The average molecular weight is 613 g/mol. The molecule has 47 heavy (non-hydrogen) atoms. The standard InChI is InChI=1S/C45H44N2/c1-33-30-39(24-29-45(33)47(41-18-6-3-7-19-41)44-28-23-35-13-9-11-15-38(35)32-44)36-20-25-42(26-21-36)46(40-16-4-2-5-17-40)43-27-22-34-12-8-10-14-37(34)31-43/h2-9,12-13,16,18-33,35,38,40,45H,10-11,14-15,17H2,1H3. The third kappa shape index (κ3) is 6.05. The molecule has 0 N–H and O–H groups in total. The van der Waals surface area contributed by atoms with Crippen LogP contribution < -0.4 is 9.80 Å². The van der Waals surface area contributed by atoms with E-state index < -0.39 is 0 Å². The zero-order valence-corrected chi connectivity index (χ0v) is 27.3. The number of aryl methyl sites for hydroxylation is 1. The molecule has 0 bridgehead atoms. The van der Waals surface area contributed by atoms with Crippen molar-refractivity contribution in [3.63, 3.8) is 0 Å². The van der Waals surface area contributed by atoms with E-state index in [9.17, 15) is 0 Å². The number of allylic oxidation sites excluding steroid dienone is 10. The van der Waals surface area contributed by atoms with Crippen molar-refractivity contribution in [3.05, 3.63) is 174 Å². The third-order valence-corrected chi connectivity index (χ3v) is 10.5. The van der Waals surface area contributed by atoms with Crippen molar-refractivity contribution in [1.82, 2.24) is 0 Å². The van der Waals surface area contributed by atoms with Crippen LogP contribution >= 0.6 is 0 Å². The molecule has 3 aromatic rings. The van der Waals surface area contributed by atoms with Crippen molar-refractivity contribution in [1.29, 1.82) is 0 Å². The molecule has 2 heteroatoms. The molecule has 2 nitrogen and oxygen atoms in total. The second-order valence-electron chi connectivity index (χ2n) is 13.6. The summed E-state index contributed by atoms with van der Waals surface area (Å²) in [5, 5.41) is 0. The van der Waals surface area contributed by atoms with E-state index in [1.165, 1.54) is 57.9 Å². The molecular weight excluding hydrogens is 569 g/mol. The molecule has 0 spiro atoms. The number of rotatable bonds is 7. The maximum absolute atomic E-state index is 2.56. The molecule has 5 atom stereocenters. The van der Waals surface area contributed by atoms with Gasteiger partial charge in [0.2, 0.25) is 0 Å². The molecule has 0 aliphatic heterocycles. The Bertz CT molecular complexity index is 1850. The van der Waals surface area contributed by atoms with Crippen LogP contribution in [-0.2, 0) is 6.42 Å². The van der Waals surface area contributed by atoms with E-state index in [1.54, 1.807) is 0 Å². The van der Waals surface area contributed by atoms with Gasteiger partial charge in [0, 0.05) is 28.7 Å². The molecule has 0 amide bonds. The van der Waals surface area contributed by atoms with Crippen molar-refractivity contribution < 1.29 is 0 Å². The zero-order chi connectivity index (χ0) is 31.6. The normalized spacial score (nSPS) is 25.5. The van der Waals surface area contributed by atoms with Crippen LogP contribution in [0.1, 0.15) is 49.3 Å². The van der Waals surface area contributed by atoms with Gasteiger partial charge in [0.1, 0.15) is 0 Å². The maximum atomic E-state index is 2.56. The monoisotopic (exact) mass is 612 g/mol. The summed E-state index contributed by atoms with van der Waals surface area (Å²) in [6.45, 7) is 2.37. The minimum absolute atomic E-state index is 0.243. The number of hydrogen-bond donors (Lipinski definition) is 0. The van der Waals surface area contributed by atoms with Gasteiger partial charge in [-0.2, -0.15) is 0 Å². The average Bonchev–Trinajstić information content (AvgIpc) is 3.14. The van der Waals surface area contributed by atoms with Gasteiger partial charge in [-0.15, -0.1) is 0 Å². The van der Waals surface area contributed by atoms with E-state index in [0.717, 1.165) is 19.3 Å². The quantitative estimate of drug-likeness (QED) is 0.245. The highest BCUT2D eigenvalue weighted by Gasteiger charge is 2.30. The fraction of sp³-hybridized carbons (Fsp3) is 0.244. The Morgan fingerprint density at radius 3 is 2.34 bits per heavy atom. The van der Waals surface area contributed by atoms with Gasteiger partial charge in [-0.05, 0) is 109 Å². The molecular formula is C45H44N2. The smallest absolute Gasteiger partial charge is 0.0585 e. The molecule has 5 unspecified atom stereocenters. The number of benzene rings is 3. The van der Waals surface area contributed by atoms with Gasteiger partial charge in [-0.3, -0.25) is 0 Å². The number of anilines is 3. The number of nitrogens with zero attached hydrogens (tertiary/aromatic N) is 2. The molecule has 3 aromatic carbocycles. The summed E-state index contributed by atoms with van der Waals surface area (Å²) in [5.74, 6) is 1.45. The summed E-state index contributed by atoms with van der Waals surface area (Å²) in [4.78, 5) is 5.07. The summed E-state index contributed by atoms with van der Waals surface area (Å²) < 4.78 is 0. The highest BCUT2D eigenvalue weighted by molar-refractivity contribution is 5.78. The van der Waals surface area contributed by atoms with Crippen molar-refractivity contribution in [2.75, 3.05) is 9.80 Å². The molecule has 0 fully saturated rings. The molecule has 8 rings (SSSR count). The Morgan fingerprint density at radius 1 is 0.660 bits per heavy atom. The first-order valence-corrected chi connectivity index (χ1v) is 17.5. The SMILES string of the molecule is CC1C=C(c2ccc(N(c3ccc4c(c3)CCC=C4)C3C=CC=CC3)cc2)C=CC1N(C1=CC2CCC=CC2C=C1)c1ccccc1. The van der Waals surface area contributed by atoms with Gasteiger partial charge in [-0.25, -0.2) is 0 Å². The molecule has 0 saturated carbocycles. The summed E-state index contributed by atoms with van der Waals surface area (Å²) in [6.07, 6.45) is 38.4. The van der Waals surface area contributed by atoms with Crippen LogP contribution in [0, 0.1) is 17.8 Å². The lowest BCUT2D eigenvalue weighted by Crippen LogP contribution is -2.39. The van der Waals surface area contributed by atoms with Crippen LogP contribution in [0.15, 0.2) is 157 Å². The molecule has 0 heterocycles. The van der Waals surface area contributed by atoms with E-state index in [1.807, 2.05) is 0 Å². The minimum Gasteiger partial charge on any atom is -0.334 e. The topological polar surface area (TPSA) is 6.48 Å². The molecule has 5 aliphatic rings. The lowest BCUT2D eigenvalue weighted by molar-refractivity contribution is 0.483. The van der Waals surface area contributed by atoms with Crippen LogP contribution in [0.5, 0.6) is 0 Å². The van der Waals surface area contributed by atoms with Gasteiger partial charge in [0.25, 0.3) is 0 Å². The Balaban J connectivity index is 1.06. The number of para-hydroxylation sites is 1. The van der Waals surface area contributed by atoms with E-state index in [2.05, 4.69) is 175 Å². The Hall–Kier alpha value is -4.82. The number of fused-ring (bicyclic) bond motifs is 2. The predicted molar refractivity (Wildman–Crippen MR) is 201 cm³/mol. The maximum Gasteiger partial charge on any atom is 0.0585 e. The van der Waals surface area contributed by atoms with Gasteiger partial charge >= 0.3 is 0 Å². The van der Waals surface area contributed by atoms with Crippen LogP contribution in [0.2, 0.25) is 0 Å². The van der Waals surface area contributed by atoms with Crippen molar-refractivity contribution in [2.45, 2.75) is 51.1 Å². The zero-order valence-electron chi connectivity index (χ0n) is 27.3. The largest absolute Gasteiger partial charge is 0.334 e. The van der Waals surface area contributed by atoms with E-state index >= 15 is 0 Å². The third-order valence-electron chi connectivity index (χ3n) is 10.5. The molecule has 0 saturated heterocycles. The van der Waals surface area contributed by atoms with Crippen LogP contribution in [0.4, 0.5) is 17.1 Å². The Kier molecular flexibility index (Phi) is 8.26. The highest BCUT2D eigenvalue weighted by atomic mass is 15.2. The lowest BCUT2D eigenvalue weighted by Gasteiger charge is -2.39. The summed E-state index contributed by atoms with van der Waals surface area (Å²) in [5.41, 5.74) is 10.4. The molecule has 0 radical (unpaired) electrons. The minimum atomic E-state index is 0.243. The summed E-state index contributed by atoms with van der Waals surface area (Å²) in [7, 11) is 0. The van der Waals surface area contributed by atoms with Crippen LogP contribution in [0.25, 0.3) is 11.6 Å². The van der Waals surface area contributed by atoms with E-state index in [4.69, 9.17) is 0 Å². The Morgan fingerprint density at radius 2 is 1.51 bits per heavy atom. The van der Waals surface area contributed by atoms with Crippen molar-refractivity contribution in [3.8, 4) is 0 Å². The first-order valence-electron chi connectivity index (χ1n) is 17.5. The predicted octanol–water partition coefficient (Wildman–Crippen LogP) is 11.2. The second-order valence-corrected chi connectivity index (χ2v) is 13.6. The van der Waals surface area contributed by atoms with Crippen LogP contribution in [-0.4, -0.2) is 12.1 Å². The first kappa shape index (κ1) is 29.6. The van der Waals surface area contributed by atoms with Crippen LogP contribution in [0.3, 0.4) is 0 Å². The lowest BCUT2D eigenvalue weighted by atomic mass is 9.80. The first-order chi connectivity index (χ1) is 23.2. The summed E-state index contributed by atoms with van der Waals surface area (Å²) in [6, 6.07) is 27.7. The molecule has 234 valence electrons. The summed E-state index contributed by atoms with van der Waals surface area (Å²) >= 11 is 0. The van der Waals surface area contributed by atoms with E-state index in [-0.39, 0.29) is 6.04 Å². The van der Waals surface area contributed by atoms with Crippen molar-refractivity contribution >= 4 is 28.7 Å². The highest BCUT2D eigenvalue weighted by Crippen LogP contribution is 2.39. The number of hydrogen-bond acceptors (Lipinski definition) is 2. The van der Waals surface area contributed by atoms with E-state index in [0.29, 0.717) is 23.8 Å². The van der Waals surface area contributed by atoms with Gasteiger partial charge < -0.3 is 9.80 Å².